The van der Waals surface area contributed by atoms with Gasteiger partial charge in [-0.15, -0.1) is 11.8 Å². The Morgan fingerprint density at radius 2 is 1.27 bits per heavy atom. The number of thioether (sulfide) groups is 1. The topological polar surface area (TPSA) is 237 Å². The molecule has 4 atom stereocenters. The predicted molar refractivity (Wildman–Crippen MR) is 267 cm³/mol. The summed E-state index contributed by atoms with van der Waals surface area (Å²) in [5, 5.41) is 5.72. The Balaban J connectivity index is 1.12. The molecule has 388 valence electrons. The third-order valence-corrected chi connectivity index (χ3v) is 14.2. The van der Waals surface area contributed by atoms with Gasteiger partial charge < -0.3 is 39.2 Å². The Morgan fingerprint density at radius 1 is 0.693 bits per heavy atom. The first-order chi connectivity index (χ1) is 36.0. The van der Waals surface area contributed by atoms with E-state index in [1.54, 1.807) is 62.4 Å². The Morgan fingerprint density at radius 3 is 1.85 bits per heavy atom. The Kier molecular flexibility index (Phi) is 15.8. The number of benzene rings is 5. The van der Waals surface area contributed by atoms with Crippen molar-refractivity contribution in [1.82, 2.24) is 30.5 Å². The maximum atomic E-state index is 15.4. The highest BCUT2D eigenvalue weighted by molar-refractivity contribution is 8.01. The number of amides is 6. The highest BCUT2D eigenvalue weighted by Crippen LogP contribution is 2.56. The van der Waals surface area contributed by atoms with E-state index < -0.39 is 69.4 Å². The number of fused-ring (bicyclic) bond motifs is 1. The van der Waals surface area contributed by atoms with Crippen LogP contribution in [0.3, 0.4) is 0 Å². The van der Waals surface area contributed by atoms with Crippen molar-refractivity contribution in [2.75, 3.05) is 13.1 Å². The number of hydrogen-bond donors (Lipinski definition) is 2. The summed E-state index contributed by atoms with van der Waals surface area (Å²) >= 11 is 1.09. The number of nitrogens with one attached hydrogen (secondary N) is 2. The third-order valence-electron chi connectivity index (χ3n) is 12.6. The van der Waals surface area contributed by atoms with Crippen molar-refractivity contribution in [2.24, 2.45) is 0 Å². The second-order valence-electron chi connectivity index (χ2n) is 18.0. The second kappa shape index (κ2) is 22.6. The fraction of sp³-hybridized carbons (Fsp3) is 0.278. The average Bonchev–Trinajstić information content (AvgIpc) is 3.69. The van der Waals surface area contributed by atoms with Crippen LogP contribution in [0.1, 0.15) is 61.6 Å². The first-order valence-electron chi connectivity index (χ1n) is 23.6. The van der Waals surface area contributed by atoms with Gasteiger partial charge in [-0.2, -0.15) is 0 Å². The van der Waals surface area contributed by atoms with Crippen LogP contribution < -0.4 is 29.6 Å². The van der Waals surface area contributed by atoms with E-state index in [4.69, 9.17) is 23.7 Å². The maximum Gasteiger partial charge on any atom is 0.355 e. The molecule has 6 amide bonds. The minimum absolute atomic E-state index is 0.0845. The summed E-state index contributed by atoms with van der Waals surface area (Å²) in [4.78, 5) is 125. The van der Waals surface area contributed by atoms with Crippen LogP contribution in [0.15, 0.2) is 127 Å². The highest BCUT2D eigenvalue weighted by Gasteiger charge is 2.74. The summed E-state index contributed by atoms with van der Waals surface area (Å²) in [6.45, 7) is 4.90. The van der Waals surface area contributed by atoms with E-state index in [9.17, 15) is 38.4 Å². The standard InChI is InChI=1S/C54H52N6O14S/c1-34(63)73-42-23-21-40(27-44(42)74-35(2)64)46(47(65)56-54(52(69)72-31-38-18-12-7-13-19-38)53(3,4)75-51-45(55-32-61)48(66)60(51)54)59(33-62)58-25-24-57(49(67)50(58)68)28-39-20-22-41(70-29-36-14-8-5-9-15-36)43(26-39)71-30-37-16-10-6-11-17-37/h5-23,26-27,32-33,45-46,51H,24-25,28-31H2,1-4H3,(H,55,61)(H,56,65)/t45-,46?,51-,54+/m1/s1. The van der Waals surface area contributed by atoms with Gasteiger partial charge in [0.05, 0.1) is 11.3 Å². The SMILES string of the molecule is CC(=O)Oc1ccc(C(C(=O)N[C@@]2(C(=O)OCc3ccccc3)N3C(=O)[C@@H](NC=O)[C@H]3SC2(C)C)N(C=O)N2CCN(Cc3ccc(OCc4ccccc4)c(OCc4ccccc4)c3)C(=O)C2=O)cc1OC(C)=O. The van der Waals surface area contributed by atoms with Crippen LogP contribution >= 0.6 is 11.8 Å². The monoisotopic (exact) mass is 1040 g/mol. The quantitative estimate of drug-likeness (QED) is 0.0342. The number of carbonyl (C=O) groups is 9. The molecular formula is C54H52N6O14S. The Bertz CT molecular complexity index is 3000. The molecule has 0 aromatic heterocycles. The second-order valence-corrected chi connectivity index (χ2v) is 19.8. The fourth-order valence-electron chi connectivity index (χ4n) is 8.98. The molecule has 3 saturated heterocycles. The van der Waals surface area contributed by atoms with Crippen LogP contribution in [0.25, 0.3) is 0 Å². The van der Waals surface area contributed by atoms with Crippen LogP contribution in [0, 0.1) is 0 Å². The molecule has 0 aliphatic carbocycles. The number of nitrogens with zero attached hydrogens (tertiary/aromatic N) is 4. The first kappa shape index (κ1) is 52.6. The van der Waals surface area contributed by atoms with Crippen LogP contribution in [0.4, 0.5) is 0 Å². The molecule has 5 aromatic carbocycles. The largest absolute Gasteiger partial charge is 0.485 e. The molecule has 0 saturated carbocycles. The predicted octanol–water partition coefficient (Wildman–Crippen LogP) is 4.34. The summed E-state index contributed by atoms with van der Waals surface area (Å²) < 4.78 is 27.5. The van der Waals surface area contributed by atoms with Gasteiger partial charge in [-0.3, -0.25) is 43.3 Å². The summed E-state index contributed by atoms with van der Waals surface area (Å²) in [6, 6.07) is 33.2. The van der Waals surface area contributed by atoms with Gasteiger partial charge in [0.15, 0.2) is 29.0 Å². The maximum absolute atomic E-state index is 15.4. The van der Waals surface area contributed by atoms with Crippen molar-refractivity contribution in [1.29, 1.82) is 0 Å². The van der Waals surface area contributed by atoms with Crippen molar-refractivity contribution in [3.05, 3.63) is 155 Å². The summed E-state index contributed by atoms with van der Waals surface area (Å²) in [5.74, 6) is -6.73. The molecule has 2 N–H and O–H groups in total. The van der Waals surface area contributed by atoms with Crippen LogP contribution in [-0.2, 0) is 74.3 Å². The van der Waals surface area contributed by atoms with Crippen LogP contribution in [0.2, 0.25) is 0 Å². The molecule has 21 heteroatoms. The fourth-order valence-corrected chi connectivity index (χ4v) is 10.7. The average molecular weight is 1040 g/mol. The van der Waals surface area contributed by atoms with Gasteiger partial charge in [-0.1, -0.05) is 103 Å². The molecule has 8 rings (SSSR count). The zero-order chi connectivity index (χ0) is 53.4. The minimum Gasteiger partial charge on any atom is -0.485 e. The van der Waals surface area contributed by atoms with E-state index in [-0.39, 0.29) is 62.9 Å². The van der Waals surface area contributed by atoms with Crippen LogP contribution in [0.5, 0.6) is 23.0 Å². The molecule has 5 aromatic rings. The van der Waals surface area contributed by atoms with Crippen molar-refractivity contribution in [3.63, 3.8) is 0 Å². The highest BCUT2D eigenvalue weighted by atomic mass is 32.2. The van der Waals surface area contributed by atoms with Gasteiger partial charge in [0.1, 0.15) is 31.2 Å². The van der Waals surface area contributed by atoms with Gasteiger partial charge in [-0.25, -0.2) is 14.8 Å². The molecule has 0 radical (unpaired) electrons. The van der Waals surface area contributed by atoms with E-state index in [2.05, 4.69) is 10.6 Å². The number of piperazine rings is 1. The van der Waals surface area contributed by atoms with E-state index >= 15 is 4.79 Å². The molecule has 1 unspecified atom stereocenters. The van der Waals surface area contributed by atoms with Gasteiger partial charge in [0.2, 0.25) is 18.5 Å². The lowest BCUT2D eigenvalue weighted by molar-refractivity contribution is -0.184. The number of ether oxygens (including phenoxy) is 5. The molecule has 3 heterocycles. The van der Waals surface area contributed by atoms with E-state index in [0.29, 0.717) is 34.0 Å². The number of esters is 3. The molecule has 20 nitrogen and oxygen atoms in total. The lowest BCUT2D eigenvalue weighted by Gasteiger charge is -2.50. The molecular weight excluding hydrogens is 989 g/mol. The van der Waals surface area contributed by atoms with Gasteiger partial charge >= 0.3 is 29.7 Å². The lowest BCUT2D eigenvalue weighted by atomic mass is 9.87. The van der Waals surface area contributed by atoms with E-state index in [0.717, 1.165) is 52.7 Å². The zero-order valence-electron chi connectivity index (χ0n) is 41.2. The normalized spacial score (nSPS) is 18.9. The van der Waals surface area contributed by atoms with Crippen molar-refractivity contribution >= 4 is 66.1 Å². The molecule has 0 bridgehead atoms. The van der Waals surface area contributed by atoms with Crippen molar-refractivity contribution < 1.29 is 66.8 Å². The van der Waals surface area contributed by atoms with Crippen LogP contribution in [-0.4, -0.2) is 109 Å². The number of carbonyl (C=O) groups excluding carboxylic acids is 9. The zero-order valence-corrected chi connectivity index (χ0v) is 42.0. The summed E-state index contributed by atoms with van der Waals surface area (Å²) in [5.41, 5.74) is 0.444. The molecule has 3 aliphatic rings. The van der Waals surface area contributed by atoms with E-state index in [1.165, 1.54) is 17.0 Å². The van der Waals surface area contributed by atoms with Gasteiger partial charge in [-0.05, 0) is 65.9 Å². The number of hydrogen-bond acceptors (Lipinski definition) is 15. The molecule has 3 aliphatic heterocycles. The molecule has 3 fully saturated rings. The van der Waals surface area contributed by atoms with Crippen molar-refractivity contribution in [2.45, 2.75) is 81.9 Å². The number of hydrazine groups is 1. The Labute approximate surface area is 435 Å². The van der Waals surface area contributed by atoms with Crippen molar-refractivity contribution in [3.8, 4) is 23.0 Å². The Hall–Kier alpha value is -8.72. The minimum atomic E-state index is -2.35. The lowest BCUT2D eigenvalue weighted by Crippen LogP contribution is -2.80. The smallest absolute Gasteiger partial charge is 0.355 e. The van der Waals surface area contributed by atoms with E-state index in [1.807, 2.05) is 60.7 Å². The first-order valence-corrected chi connectivity index (χ1v) is 24.5. The number of β-lactam (4-membered cyclic amide) rings is 1. The molecule has 75 heavy (non-hydrogen) atoms. The van der Waals surface area contributed by atoms with Gasteiger partial charge in [0, 0.05) is 26.9 Å². The summed E-state index contributed by atoms with van der Waals surface area (Å²) in [6.07, 6.45) is 0.478. The molecule has 0 spiro atoms. The number of rotatable bonds is 21. The summed E-state index contributed by atoms with van der Waals surface area (Å²) in [7, 11) is 0. The van der Waals surface area contributed by atoms with Gasteiger partial charge in [0.25, 0.3) is 11.8 Å². The third kappa shape index (κ3) is 11.1.